The molecule has 2 nitrogen and oxygen atoms in total. The van der Waals surface area contributed by atoms with Gasteiger partial charge in [-0.15, -0.1) is 11.3 Å². The van der Waals surface area contributed by atoms with E-state index in [9.17, 15) is 4.79 Å². The van der Waals surface area contributed by atoms with Crippen molar-refractivity contribution in [2.75, 3.05) is 13.1 Å². The van der Waals surface area contributed by atoms with Gasteiger partial charge in [-0.2, -0.15) is 0 Å². The molecule has 1 aromatic heterocycles. The number of thiophene rings is 1. The monoisotopic (exact) mass is 349 g/mol. The van der Waals surface area contributed by atoms with E-state index in [1.165, 1.54) is 10.4 Å². The molecule has 4 heteroatoms. The third-order valence-electron chi connectivity index (χ3n) is 3.82. The number of nitrogens with zero attached hydrogens (tertiary/aromatic N) is 1. The van der Waals surface area contributed by atoms with Crippen LogP contribution in [0.15, 0.2) is 46.3 Å². The van der Waals surface area contributed by atoms with Crippen LogP contribution in [-0.2, 0) is 11.3 Å². The fourth-order valence-corrected chi connectivity index (χ4v) is 4.46. The highest BCUT2D eigenvalue weighted by Gasteiger charge is 2.34. The standard InChI is InChI=1S/C16H16BrNOS/c17-14-6-16(20-11-14)15-9-18(8-13(15)10-19)7-12-4-2-1-3-5-12/h1-6,10-11,13,15H,7-9H2. The zero-order valence-corrected chi connectivity index (χ0v) is 13.4. The molecule has 0 spiro atoms. The quantitative estimate of drug-likeness (QED) is 0.779. The third kappa shape index (κ3) is 3.03. The molecule has 0 aliphatic carbocycles. The summed E-state index contributed by atoms with van der Waals surface area (Å²) in [7, 11) is 0. The first kappa shape index (κ1) is 14.0. The molecule has 2 atom stereocenters. The molecular weight excluding hydrogens is 334 g/mol. The van der Waals surface area contributed by atoms with Crippen molar-refractivity contribution >= 4 is 33.6 Å². The number of rotatable bonds is 4. The Kier molecular flexibility index (Phi) is 4.34. The second-order valence-electron chi connectivity index (χ2n) is 5.25. The Morgan fingerprint density at radius 3 is 2.75 bits per heavy atom. The number of halogens is 1. The van der Waals surface area contributed by atoms with E-state index in [0.29, 0.717) is 5.92 Å². The highest BCUT2D eigenvalue weighted by atomic mass is 79.9. The fraction of sp³-hybridized carbons (Fsp3) is 0.312. The van der Waals surface area contributed by atoms with E-state index in [0.717, 1.165) is 30.4 Å². The van der Waals surface area contributed by atoms with Gasteiger partial charge in [0.1, 0.15) is 6.29 Å². The van der Waals surface area contributed by atoms with Gasteiger partial charge in [-0.1, -0.05) is 30.3 Å². The van der Waals surface area contributed by atoms with E-state index in [4.69, 9.17) is 0 Å². The molecule has 1 aliphatic rings. The summed E-state index contributed by atoms with van der Waals surface area (Å²) in [6.45, 7) is 2.75. The summed E-state index contributed by atoms with van der Waals surface area (Å²) < 4.78 is 1.11. The van der Waals surface area contributed by atoms with Gasteiger partial charge < -0.3 is 4.79 Å². The lowest BCUT2D eigenvalue weighted by Gasteiger charge is -2.15. The minimum absolute atomic E-state index is 0.115. The van der Waals surface area contributed by atoms with Gasteiger partial charge in [0.2, 0.25) is 0 Å². The Bertz CT molecular complexity index is 583. The molecule has 20 heavy (non-hydrogen) atoms. The smallest absolute Gasteiger partial charge is 0.125 e. The maximum Gasteiger partial charge on any atom is 0.125 e. The Labute approximate surface area is 131 Å². The van der Waals surface area contributed by atoms with Crippen LogP contribution in [-0.4, -0.2) is 24.3 Å². The molecule has 1 saturated heterocycles. The lowest BCUT2D eigenvalue weighted by atomic mass is 9.96. The van der Waals surface area contributed by atoms with Crippen molar-refractivity contribution in [1.82, 2.24) is 4.90 Å². The number of aldehydes is 1. The van der Waals surface area contributed by atoms with Crippen LogP contribution in [0.5, 0.6) is 0 Å². The minimum Gasteiger partial charge on any atom is -0.303 e. The van der Waals surface area contributed by atoms with Crippen molar-refractivity contribution in [2.45, 2.75) is 12.5 Å². The molecular formula is C16H16BrNOS. The summed E-state index contributed by atoms with van der Waals surface area (Å²) in [4.78, 5) is 15.1. The molecule has 104 valence electrons. The van der Waals surface area contributed by atoms with Crippen molar-refractivity contribution in [1.29, 1.82) is 0 Å². The van der Waals surface area contributed by atoms with Crippen LogP contribution in [0.3, 0.4) is 0 Å². The predicted molar refractivity (Wildman–Crippen MR) is 86.0 cm³/mol. The molecule has 0 saturated carbocycles. The third-order valence-corrected chi connectivity index (χ3v) is 5.64. The minimum atomic E-state index is 0.115. The number of likely N-dealkylation sites (tertiary alicyclic amines) is 1. The molecule has 2 unspecified atom stereocenters. The van der Waals surface area contributed by atoms with Crippen LogP contribution < -0.4 is 0 Å². The Morgan fingerprint density at radius 1 is 1.30 bits per heavy atom. The van der Waals surface area contributed by atoms with Crippen molar-refractivity contribution in [3.63, 3.8) is 0 Å². The van der Waals surface area contributed by atoms with Gasteiger partial charge in [0, 0.05) is 46.2 Å². The lowest BCUT2D eigenvalue weighted by molar-refractivity contribution is -0.111. The molecule has 0 bridgehead atoms. The SMILES string of the molecule is O=CC1CN(Cc2ccccc2)CC1c1cc(Br)cs1. The number of carbonyl (C=O) groups is 1. The van der Waals surface area contributed by atoms with Gasteiger partial charge in [-0.25, -0.2) is 0 Å². The van der Waals surface area contributed by atoms with E-state index in [1.54, 1.807) is 11.3 Å². The van der Waals surface area contributed by atoms with Gasteiger partial charge in [-0.3, -0.25) is 4.90 Å². The molecule has 1 aromatic carbocycles. The summed E-state index contributed by atoms with van der Waals surface area (Å²) >= 11 is 5.24. The van der Waals surface area contributed by atoms with Crippen LogP contribution in [0.4, 0.5) is 0 Å². The topological polar surface area (TPSA) is 20.3 Å². The molecule has 0 N–H and O–H groups in total. The zero-order chi connectivity index (χ0) is 13.9. The van der Waals surface area contributed by atoms with Crippen LogP contribution in [0.1, 0.15) is 16.4 Å². The summed E-state index contributed by atoms with van der Waals surface area (Å²) in [5.41, 5.74) is 1.31. The zero-order valence-electron chi connectivity index (χ0n) is 11.0. The second kappa shape index (κ2) is 6.20. The Morgan fingerprint density at radius 2 is 2.10 bits per heavy atom. The van der Waals surface area contributed by atoms with Gasteiger partial charge in [0.25, 0.3) is 0 Å². The van der Waals surface area contributed by atoms with Crippen LogP contribution >= 0.6 is 27.3 Å². The van der Waals surface area contributed by atoms with Crippen LogP contribution in [0.25, 0.3) is 0 Å². The molecule has 2 heterocycles. The molecule has 1 aliphatic heterocycles. The summed E-state index contributed by atoms with van der Waals surface area (Å²) in [5, 5.41) is 2.09. The first-order valence-electron chi connectivity index (χ1n) is 6.72. The van der Waals surface area contributed by atoms with E-state index in [1.807, 2.05) is 6.07 Å². The Hall–Kier alpha value is -0.970. The largest absolute Gasteiger partial charge is 0.303 e. The number of hydrogen-bond donors (Lipinski definition) is 0. The van der Waals surface area contributed by atoms with E-state index in [-0.39, 0.29) is 5.92 Å². The van der Waals surface area contributed by atoms with Gasteiger partial charge in [0.05, 0.1) is 0 Å². The number of hydrogen-bond acceptors (Lipinski definition) is 3. The molecule has 1 fully saturated rings. The van der Waals surface area contributed by atoms with Crippen LogP contribution in [0.2, 0.25) is 0 Å². The first-order valence-corrected chi connectivity index (χ1v) is 8.39. The van der Waals surface area contributed by atoms with Gasteiger partial charge in [0.15, 0.2) is 0 Å². The maximum absolute atomic E-state index is 11.4. The highest BCUT2D eigenvalue weighted by molar-refractivity contribution is 9.10. The lowest BCUT2D eigenvalue weighted by Crippen LogP contribution is -2.20. The number of carbonyl (C=O) groups excluding carboxylic acids is 1. The maximum atomic E-state index is 11.4. The molecule has 3 rings (SSSR count). The molecule has 2 aromatic rings. The van der Waals surface area contributed by atoms with E-state index in [2.05, 4.69) is 56.5 Å². The molecule has 0 radical (unpaired) electrons. The fourth-order valence-electron chi connectivity index (χ4n) is 2.85. The second-order valence-corrected chi connectivity index (χ2v) is 7.11. The van der Waals surface area contributed by atoms with E-state index >= 15 is 0 Å². The Balaban J connectivity index is 1.73. The summed E-state index contributed by atoms with van der Waals surface area (Å²) in [6, 6.07) is 12.6. The van der Waals surface area contributed by atoms with Gasteiger partial charge in [-0.05, 0) is 27.6 Å². The van der Waals surface area contributed by atoms with Crippen molar-refractivity contribution in [3.05, 3.63) is 56.7 Å². The number of benzene rings is 1. The van der Waals surface area contributed by atoms with E-state index < -0.39 is 0 Å². The van der Waals surface area contributed by atoms with Crippen molar-refractivity contribution in [3.8, 4) is 0 Å². The first-order chi connectivity index (χ1) is 9.76. The predicted octanol–water partition coefficient (Wildman–Crippen LogP) is 3.93. The average Bonchev–Trinajstić information content (AvgIpc) is 3.06. The molecule has 0 amide bonds. The average molecular weight is 350 g/mol. The van der Waals surface area contributed by atoms with Crippen molar-refractivity contribution < 1.29 is 4.79 Å². The highest BCUT2D eigenvalue weighted by Crippen LogP contribution is 2.36. The normalized spacial score (nSPS) is 23.1. The van der Waals surface area contributed by atoms with Gasteiger partial charge >= 0.3 is 0 Å². The van der Waals surface area contributed by atoms with Crippen molar-refractivity contribution in [2.24, 2.45) is 5.92 Å². The van der Waals surface area contributed by atoms with Crippen LogP contribution in [0, 0.1) is 5.92 Å². The summed E-state index contributed by atoms with van der Waals surface area (Å²) in [5.74, 6) is 0.455. The summed E-state index contributed by atoms with van der Waals surface area (Å²) in [6.07, 6.45) is 1.13.